The molecule has 322 valence electrons. The molecule has 0 heterocycles. The molecule has 58 heavy (non-hydrogen) atoms. The van der Waals surface area contributed by atoms with Crippen molar-refractivity contribution in [3.8, 4) is 0 Å². The second-order valence-corrected chi connectivity index (χ2v) is 17.8. The van der Waals surface area contributed by atoms with Crippen molar-refractivity contribution in [2.75, 3.05) is 18.5 Å². The van der Waals surface area contributed by atoms with E-state index in [1.807, 2.05) is 0 Å². The van der Waals surface area contributed by atoms with Crippen molar-refractivity contribution in [2.24, 2.45) is 0 Å². The summed E-state index contributed by atoms with van der Waals surface area (Å²) >= 11 is 0. The van der Waals surface area contributed by atoms with Gasteiger partial charge in [0.1, 0.15) is 0 Å². The standard InChI is InChI=1S/C57H89N/c1-47(2)25-16-26-48(3)27-17-28-49(4)29-18-30-50(5)31-19-32-51(6)33-20-34-52(7)35-21-36-53(8)37-22-38-54(9)39-23-40-55(10)41-24-42-56(11)45-46-58(12)57-43-14-13-15-44-57/h13-15,25,27,29,31,33,35,37,39,41,43-45H,16-24,26,28,30,32,34,36,38,40,42,46H2,1-12H3/b48-27+,49-29+,50-31+,51-33+,52-35+,53-37+,54-39+,55-41+,56-45+. The molecule has 0 saturated heterocycles. The highest BCUT2D eigenvalue weighted by atomic mass is 15.1. The number of rotatable bonds is 30. The van der Waals surface area contributed by atoms with Crippen molar-refractivity contribution in [3.05, 3.63) is 147 Å². The molecule has 0 aliphatic heterocycles. The largest absolute Gasteiger partial charge is 0.371 e. The van der Waals surface area contributed by atoms with E-state index in [-0.39, 0.29) is 0 Å². The normalized spacial score (nSPS) is 14.4. The molecule has 0 radical (unpaired) electrons. The molecule has 0 N–H and O–H groups in total. The van der Waals surface area contributed by atoms with Gasteiger partial charge >= 0.3 is 0 Å². The van der Waals surface area contributed by atoms with E-state index in [1.54, 1.807) is 0 Å². The van der Waals surface area contributed by atoms with E-state index in [4.69, 9.17) is 0 Å². The number of nitrogens with zero attached hydrogens (tertiary/aromatic N) is 1. The zero-order valence-corrected chi connectivity index (χ0v) is 40.0. The summed E-state index contributed by atoms with van der Waals surface area (Å²) in [6.45, 7) is 26.0. The number of likely N-dealkylation sites (N-methyl/N-ethyl adjacent to an activating group) is 1. The van der Waals surface area contributed by atoms with Gasteiger partial charge in [-0.3, -0.25) is 0 Å². The second kappa shape index (κ2) is 33.3. The molecule has 0 amide bonds. The second-order valence-electron chi connectivity index (χ2n) is 17.8. The lowest BCUT2D eigenvalue weighted by molar-refractivity contribution is 0.879. The summed E-state index contributed by atoms with van der Waals surface area (Å²) in [5.41, 5.74) is 16.4. The van der Waals surface area contributed by atoms with Crippen LogP contribution in [0.1, 0.15) is 192 Å². The first-order valence-electron chi connectivity index (χ1n) is 23.0. The fraction of sp³-hybridized carbons (Fsp3) is 0.544. The maximum Gasteiger partial charge on any atom is 0.0366 e. The van der Waals surface area contributed by atoms with Crippen molar-refractivity contribution in [2.45, 2.75) is 192 Å². The summed E-state index contributed by atoms with van der Waals surface area (Å²) in [6.07, 6.45) is 45.4. The van der Waals surface area contributed by atoms with Crippen LogP contribution >= 0.6 is 0 Å². The summed E-state index contributed by atoms with van der Waals surface area (Å²) in [6, 6.07) is 10.6. The Balaban J connectivity index is 2.23. The van der Waals surface area contributed by atoms with Gasteiger partial charge < -0.3 is 4.90 Å². The molecule has 0 aliphatic rings. The van der Waals surface area contributed by atoms with Gasteiger partial charge in [0.05, 0.1) is 0 Å². The molecule has 0 bridgehead atoms. The molecule has 1 nitrogen and oxygen atoms in total. The quantitative estimate of drug-likeness (QED) is 0.0702. The molecule has 0 fully saturated rings. The SMILES string of the molecule is CC(C)=CCC/C(C)=C/CC/C(C)=C/CC/C(C)=C/CC/C(C)=C/CC/C(C)=C/CC/C(C)=C/CC/C(C)=C/CC/C(C)=C/CC/C(C)=C/CN(C)c1ccccc1. The maximum absolute atomic E-state index is 2.47. The van der Waals surface area contributed by atoms with E-state index in [0.717, 1.165) is 57.9 Å². The Bertz CT molecular complexity index is 1580. The van der Waals surface area contributed by atoms with E-state index in [2.05, 4.69) is 179 Å². The van der Waals surface area contributed by atoms with Crippen molar-refractivity contribution in [1.82, 2.24) is 0 Å². The predicted molar refractivity (Wildman–Crippen MR) is 266 cm³/mol. The number of hydrogen-bond acceptors (Lipinski definition) is 1. The van der Waals surface area contributed by atoms with Gasteiger partial charge in [-0.05, 0) is 204 Å². The van der Waals surface area contributed by atoms with Crippen LogP contribution in [0.4, 0.5) is 5.69 Å². The van der Waals surface area contributed by atoms with Crippen LogP contribution < -0.4 is 4.90 Å². The molecular weight excluding hydrogens is 699 g/mol. The molecule has 0 aliphatic carbocycles. The maximum atomic E-state index is 2.47. The molecule has 0 unspecified atom stereocenters. The van der Waals surface area contributed by atoms with Crippen molar-refractivity contribution < 1.29 is 0 Å². The Morgan fingerprint density at radius 2 is 0.552 bits per heavy atom. The van der Waals surface area contributed by atoms with Crippen LogP contribution in [0, 0.1) is 0 Å². The highest BCUT2D eigenvalue weighted by Crippen LogP contribution is 2.19. The van der Waals surface area contributed by atoms with Gasteiger partial charge in [-0.1, -0.05) is 135 Å². The van der Waals surface area contributed by atoms with E-state index >= 15 is 0 Å². The van der Waals surface area contributed by atoms with E-state index in [9.17, 15) is 0 Å². The van der Waals surface area contributed by atoms with Gasteiger partial charge in [-0.2, -0.15) is 0 Å². The molecule has 1 aromatic rings. The summed E-state index contributed by atoms with van der Waals surface area (Å²) < 4.78 is 0. The molecular formula is C57H89N. The highest BCUT2D eigenvalue weighted by Gasteiger charge is 2.00. The third-order valence-electron chi connectivity index (χ3n) is 11.3. The van der Waals surface area contributed by atoms with Crippen LogP contribution in [0.3, 0.4) is 0 Å². The van der Waals surface area contributed by atoms with Crippen molar-refractivity contribution in [1.29, 1.82) is 0 Å². The van der Waals surface area contributed by atoms with E-state index in [1.165, 1.54) is 126 Å². The third kappa shape index (κ3) is 30.5. The Morgan fingerprint density at radius 3 is 0.793 bits per heavy atom. The molecule has 0 atom stereocenters. The number of hydrogen-bond donors (Lipinski definition) is 0. The fourth-order valence-electron chi connectivity index (χ4n) is 6.96. The Hall–Kier alpha value is -3.58. The van der Waals surface area contributed by atoms with Crippen LogP contribution in [-0.4, -0.2) is 13.6 Å². The average molecular weight is 788 g/mol. The molecule has 1 heteroatoms. The first-order valence-corrected chi connectivity index (χ1v) is 23.0. The number of allylic oxidation sites excluding steroid dienone is 19. The van der Waals surface area contributed by atoms with Gasteiger partial charge in [0.15, 0.2) is 0 Å². The molecule has 1 rings (SSSR count). The first kappa shape index (κ1) is 52.4. The Morgan fingerprint density at radius 1 is 0.328 bits per heavy atom. The van der Waals surface area contributed by atoms with Gasteiger partial charge in [0.2, 0.25) is 0 Å². The molecule has 0 aromatic heterocycles. The van der Waals surface area contributed by atoms with Crippen LogP contribution in [0.25, 0.3) is 0 Å². The van der Waals surface area contributed by atoms with Crippen LogP contribution in [0.15, 0.2) is 147 Å². The summed E-state index contributed by atoms with van der Waals surface area (Å²) in [5.74, 6) is 0. The minimum absolute atomic E-state index is 0.959. The average Bonchev–Trinajstić information content (AvgIpc) is 3.17. The summed E-state index contributed by atoms with van der Waals surface area (Å²) in [7, 11) is 2.16. The van der Waals surface area contributed by atoms with Crippen LogP contribution in [0.2, 0.25) is 0 Å². The van der Waals surface area contributed by atoms with E-state index < -0.39 is 0 Å². The lowest BCUT2D eigenvalue weighted by Gasteiger charge is -2.17. The number of anilines is 1. The van der Waals surface area contributed by atoms with Gasteiger partial charge in [-0.15, -0.1) is 0 Å². The summed E-state index contributed by atoms with van der Waals surface area (Å²) in [4.78, 5) is 2.30. The molecule has 0 spiro atoms. The molecule has 1 aromatic carbocycles. The fourth-order valence-corrected chi connectivity index (χ4v) is 6.96. The minimum Gasteiger partial charge on any atom is -0.371 e. The third-order valence-corrected chi connectivity index (χ3v) is 11.3. The lowest BCUT2D eigenvalue weighted by atomic mass is 10.0. The zero-order chi connectivity index (χ0) is 43.0. The highest BCUT2D eigenvalue weighted by molar-refractivity contribution is 5.45. The summed E-state index contributed by atoms with van der Waals surface area (Å²) in [5, 5.41) is 0. The predicted octanol–water partition coefficient (Wildman–Crippen LogP) is 18.6. The Labute approximate surface area is 361 Å². The van der Waals surface area contributed by atoms with Gasteiger partial charge in [-0.25, -0.2) is 0 Å². The topological polar surface area (TPSA) is 3.24 Å². The van der Waals surface area contributed by atoms with E-state index in [0.29, 0.717) is 0 Å². The smallest absolute Gasteiger partial charge is 0.0366 e. The van der Waals surface area contributed by atoms with Gasteiger partial charge in [0.25, 0.3) is 0 Å². The first-order chi connectivity index (χ1) is 27.7. The zero-order valence-electron chi connectivity index (χ0n) is 40.0. The van der Waals surface area contributed by atoms with Crippen LogP contribution in [0.5, 0.6) is 0 Å². The number of benzene rings is 1. The monoisotopic (exact) mass is 788 g/mol. The molecule has 0 saturated carbocycles. The van der Waals surface area contributed by atoms with Gasteiger partial charge in [0, 0.05) is 19.3 Å². The van der Waals surface area contributed by atoms with Crippen molar-refractivity contribution >= 4 is 5.69 Å². The van der Waals surface area contributed by atoms with Crippen LogP contribution in [-0.2, 0) is 0 Å². The Kier molecular flexibility index (Phi) is 30.1. The lowest BCUT2D eigenvalue weighted by Crippen LogP contribution is -2.16. The number of para-hydroxylation sites is 1. The van der Waals surface area contributed by atoms with Crippen molar-refractivity contribution in [3.63, 3.8) is 0 Å². The minimum atomic E-state index is 0.959.